The molecule has 0 radical (unpaired) electrons. The van der Waals surface area contributed by atoms with Crippen LogP contribution in [0.4, 0.5) is 0 Å². The topological polar surface area (TPSA) is 54.5 Å². The van der Waals surface area contributed by atoms with Gasteiger partial charge in [0, 0.05) is 58.0 Å². The smallest absolute Gasteiger partial charge is 0.254 e. The summed E-state index contributed by atoms with van der Waals surface area (Å²) in [5.74, 6) is 1.57. The molecule has 1 aromatic carbocycles. The quantitative estimate of drug-likeness (QED) is 0.740. The van der Waals surface area contributed by atoms with Gasteiger partial charge in [-0.25, -0.2) is 0 Å². The number of hydrogen-bond acceptors (Lipinski definition) is 6. The first-order valence-corrected chi connectivity index (χ1v) is 11.2. The van der Waals surface area contributed by atoms with Crippen LogP contribution in [0, 0.1) is 5.92 Å². The lowest BCUT2D eigenvalue weighted by atomic mass is 9.81. The lowest BCUT2D eigenvalue weighted by Gasteiger charge is -2.63. The third-order valence-electron chi connectivity index (χ3n) is 7.25. The van der Waals surface area contributed by atoms with Crippen molar-refractivity contribution >= 4 is 5.91 Å². The summed E-state index contributed by atoms with van der Waals surface area (Å²) in [5.41, 5.74) is 0.764. The van der Waals surface area contributed by atoms with Crippen LogP contribution < -0.4 is 4.74 Å². The number of piperazine rings is 1. The molecule has 0 saturated carbocycles. The molecular formula is C23H33N3O4. The molecule has 0 aromatic heterocycles. The standard InChI is InChI=1S/C23H33N3O4/c1-28-21-4-2-3-19(11-21)22(27)25-13-20-14-30-10-7-26(20)23(17-25)15-24(16-23)12-18-5-8-29-9-6-18/h2-4,11,18,20H,5-10,12-17H2,1H3/t20-/m1/s1. The summed E-state index contributed by atoms with van der Waals surface area (Å²) in [4.78, 5) is 20.6. The van der Waals surface area contributed by atoms with E-state index in [4.69, 9.17) is 14.2 Å². The molecule has 7 nitrogen and oxygen atoms in total. The summed E-state index contributed by atoms with van der Waals surface area (Å²) in [7, 11) is 1.64. The minimum absolute atomic E-state index is 0.0619. The van der Waals surface area contributed by atoms with E-state index in [1.807, 2.05) is 24.3 Å². The molecule has 5 rings (SSSR count). The molecule has 4 aliphatic heterocycles. The first kappa shape index (κ1) is 20.2. The van der Waals surface area contributed by atoms with Crippen molar-refractivity contribution in [2.45, 2.75) is 24.4 Å². The molecule has 1 aromatic rings. The van der Waals surface area contributed by atoms with E-state index in [9.17, 15) is 4.79 Å². The van der Waals surface area contributed by atoms with Crippen molar-refractivity contribution in [2.24, 2.45) is 5.92 Å². The SMILES string of the molecule is COc1cccc(C(=O)N2C[C@@H]3COCCN3C3(CN(CC4CCOCC4)C3)C2)c1. The van der Waals surface area contributed by atoms with E-state index in [0.717, 1.165) is 70.8 Å². The maximum atomic E-state index is 13.4. The van der Waals surface area contributed by atoms with Gasteiger partial charge in [-0.2, -0.15) is 0 Å². The summed E-state index contributed by atoms with van der Waals surface area (Å²) in [5, 5.41) is 0. The number of likely N-dealkylation sites (tertiary alicyclic amines) is 1. The van der Waals surface area contributed by atoms with Crippen molar-refractivity contribution in [3.8, 4) is 5.75 Å². The Hall–Kier alpha value is -1.67. The largest absolute Gasteiger partial charge is 0.497 e. The van der Waals surface area contributed by atoms with Gasteiger partial charge in [0.25, 0.3) is 5.91 Å². The molecule has 30 heavy (non-hydrogen) atoms. The van der Waals surface area contributed by atoms with Crippen LogP contribution in [0.15, 0.2) is 24.3 Å². The molecule has 4 aliphatic rings. The highest BCUT2D eigenvalue weighted by Gasteiger charge is 2.55. The summed E-state index contributed by atoms with van der Waals surface area (Å²) in [6.45, 7) is 9.05. The van der Waals surface area contributed by atoms with Crippen LogP contribution in [-0.2, 0) is 9.47 Å². The number of ether oxygens (including phenoxy) is 3. The lowest BCUT2D eigenvalue weighted by Crippen LogP contribution is -2.81. The Morgan fingerprint density at radius 3 is 2.80 bits per heavy atom. The Morgan fingerprint density at radius 1 is 1.17 bits per heavy atom. The van der Waals surface area contributed by atoms with Gasteiger partial charge < -0.3 is 19.1 Å². The number of carbonyl (C=O) groups is 1. The summed E-state index contributed by atoms with van der Waals surface area (Å²) >= 11 is 0. The first-order valence-electron chi connectivity index (χ1n) is 11.2. The van der Waals surface area contributed by atoms with Crippen LogP contribution in [0.25, 0.3) is 0 Å². The highest BCUT2D eigenvalue weighted by molar-refractivity contribution is 5.94. The molecule has 1 atom stereocenters. The second kappa shape index (κ2) is 8.46. The molecule has 4 saturated heterocycles. The highest BCUT2D eigenvalue weighted by atomic mass is 16.5. The Balaban J connectivity index is 1.30. The second-order valence-corrected chi connectivity index (χ2v) is 9.29. The van der Waals surface area contributed by atoms with Crippen molar-refractivity contribution < 1.29 is 19.0 Å². The maximum Gasteiger partial charge on any atom is 0.254 e. The number of fused-ring (bicyclic) bond motifs is 2. The van der Waals surface area contributed by atoms with E-state index in [-0.39, 0.29) is 17.5 Å². The van der Waals surface area contributed by atoms with Gasteiger partial charge in [0.15, 0.2) is 0 Å². The third-order valence-corrected chi connectivity index (χ3v) is 7.25. The Bertz CT molecular complexity index is 761. The number of methoxy groups -OCH3 is 1. The highest BCUT2D eigenvalue weighted by Crippen LogP contribution is 2.37. The van der Waals surface area contributed by atoms with Crippen LogP contribution in [0.1, 0.15) is 23.2 Å². The molecule has 7 heteroatoms. The lowest BCUT2D eigenvalue weighted by molar-refractivity contribution is -0.161. The number of carbonyl (C=O) groups excluding carboxylic acids is 1. The normalized spacial score (nSPS) is 27.5. The number of morpholine rings is 1. The molecule has 4 heterocycles. The van der Waals surface area contributed by atoms with Gasteiger partial charge in [0.1, 0.15) is 5.75 Å². The number of rotatable bonds is 4. The molecular weight excluding hydrogens is 382 g/mol. The predicted octanol–water partition coefficient (Wildman–Crippen LogP) is 1.33. The molecule has 0 aliphatic carbocycles. The van der Waals surface area contributed by atoms with Gasteiger partial charge in [-0.1, -0.05) is 6.07 Å². The second-order valence-electron chi connectivity index (χ2n) is 9.29. The van der Waals surface area contributed by atoms with Gasteiger partial charge >= 0.3 is 0 Å². The van der Waals surface area contributed by atoms with E-state index in [0.29, 0.717) is 12.2 Å². The molecule has 1 spiro atoms. The number of benzene rings is 1. The van der Waals surface area contributed by atoms with Gasteiger partial charge in [-0.3, -0.25) is 14.6 Å². The van der Waals surface area contributed by atoms with E-state index in [1.165, 1.54) is 12.8 Å². The molecule has 1 amide bonds. The van der Waals surface area contributed by atoms with Crippen molar-refractivity contribution in [3.05, 3.63) is 29.8 Å². The Kier molecular flexibility index (Phi) is 5.71. The zero-order chi connectivity index (χ0) is 20.6. The Morgan fingerprint density at radius 2 is 2.00 bits per heavy atom. The third kappa shape index (κ3) is 3.84. The predicted molar refractivity (Wildman–Crippen MR) is 113 cm³/mol. The van der Waals surface area contributed by atoms with Crippen LogP contribution in [-0.4, -0.2) is 105 Å². The van der Waals surface area contributed by atoms with Crippen LogP contribution in [0.5, 0.6) is 5.75 Å². The fourth-order valence-corrected chi connectivity index (χ4v) is 5.78. The number of amides is 1. The van der Waals surface area contributed by atoms with E-state index in [1.54, 1.807) is 7.11 Å². The fourth-order valence-electron chi connectivity index (χ4n) is 5.78. The molecule has 4 fully saturated rings. The van der Waals surface area contributed by atoms with Gasteiger partial charge in [-0.05, 0) is 37.0 Å². The zero-order valence-electron chi connectivity index (χ0n) is 17.9. The number of nitrogens with zero attached hydrogens (tertiary/aromatic N) is 3. The minimum Gasteiger partial charge on any atom is -0.497 e. The van der Waals surface area contributed by atoms with Gasteiger partial charge in [0.2, 0.25) is 0 Å². The van der Waals surface area contributed by atoms with E-state index < -0.39 is 0 Å². The van der Waals surface area contributed by atoms with Gasteiger partial charge in [-0.15, -0.1) is 0 Å². The molecule has 0 unspecified atom stereocenters. The minimum atomic E-state index is 0.0619. The average Bonchev–Trinajstić information content (AvgIpc) is 2.78. The summed E-state index contributed by atoms with van der Waals surface area (Å²) in [6.07, 6.45) is 2.34. The van der Waals surface area contributed by atoms with E-state index in [2.05, 4.69) is 14.7 Å². The molecule has 0 N–H and O–H groups in total. The zero-order valence-corrected chi connectivity index (χ0v) is 17.9. The molecule has 0 bridgehead atoms. The Labute approximate surface area is 178 Å². The van der Waals surface area contributed by atoms with Gasteiger partial charge in [0.05, 0.1) is 31.9 Å². The van der Waals surface area contributed by atoms with Crippen molar-refractivity contribution in [1.29, 1.82) is 0 Å². The van der Waals surface area contributed by atoms with Crippen LogP contribution in [0.3, 0.4) is 0 Å². The first-order chi connectivity index (χ1) is 14.7. The van der Waals surface area contributed by atoms with E-state index >= 15 is 0 Å². The number of hydrogen-bond donors (Lipinski definition) is 0. The molecule has 164 valence electrons. The van der Waals surface area contributed by atoms with Crippen molar-refractivity contribution in [2.75, 3.05) is 72.8 Å². The fraction of sp³-hybridized carbons (Fsp3) is 0.696. The maximum absolute atomic E-state index is 13.4. The summed E-state index contributed by atoms with van der Waals surface area (Å²) < 4.78 is 16.6. The van der Waals surface area contributed by atoms with Crippen LogP contribution in [0.2, 0.25) is 0 Å². The van der Waals surface area contributed by atoms with Crippen molar-refractivity contribution in [3.63, 3.8) is 0 Å². The van der Waals surface area contributed by atoms with Crippen molar-refractivity contribution in [1.82, 2.24) is 14.7 Å². The monoisotopic (exact) mass is 415 g/mol. The summed E-state index contributed by atoms with van der Waals surface area (Å²) in [6, 6.07) is 7.79. The van der Waals surface area contributed by atoms with Crippen LogP contribution >= 0.6 is 0 Å². The average molecular weight is 416 g/mol.